The van der Waals surface area contributed by atoms with Crippen LogP contribution in [0.4, 0.5) is 0 Å². The Morgan fingerprint density at radius 2 is 0.951 bits per heavy atom. The molecule has 1 amide bonds. The third kappa shape index (κ3) is 29.9. The summed E-state index contributed by atoms with van der Waals surface area (Å²) < 4.78 is 0. The topological polar surface area (TPSA) is 69.6 Å². The van der Waals surface area contributed by atoms with Gasteiger partial charge in [-0.15, -0.1) is 0 Å². The second-order valence-corrected chi connectivity index (χ2v) is 11.9. The summed E-state index contributed by atoms with van der Waals surface area (Å²) in [6.07, 6.45) is 42.2. The van der Waals surface area contributed by atoms with Crippen LogP contribution in [0.1, 0.15) is 174 Å². The largest absolute Gasteiger partial charge is 0.394 e. The molecule has 0 aliphatic carbocycles. The van der Waals surface area contributed by atoms with Crippen LogP contribution in [0.15, 0.2) is 36.5 Å². The minimum Gasteiger partial charge on any atom is -0.394 e. The van der Waals surface area contributed by atoms with Crippen LogP contribution >= 0.6 is 0 Å². The molecule has 0 fully saturated rings. The normalized spacial score (nSPS) is 13.6. The third-order valence-electron chi connectivity index (χ3n) is 7.85. The van der Waals surface area contributed by atoms with Crippen molar-refractivity contribution in [3.05, 3.63) is 36.5 Å². The molecular formula is C37H69NO3. The number of aliphatic hydroxyl groups is 2. The van der Waals surface area contributed by atoms with Crippen molar-refractivity contribution in [1.82, 2.24) is 5.32 Å². The fraction of sp³-hybridized carbons (Fsp3) is 0.811. The lowest BCUT2D eigenvalue weighted by atomic mass is 10.1. The van der Waals surface area contributed by atoms with Crippen molar-refractivity contribution in [2.75, 3.05) is 6.61 Å². The van der Waals surface area contributed by atoms with E-state index in [0.717, 1.165) is 44.9 Å². The molecule has 0 bridgehead atoms. The fourth-order valence-corrected chi connectivity index (χ4v) is 5.07. The molecule has 0 rings (SSSR count). The lowest BCUT2D eigenvalue weighted by molar-refractivity contribution is -0.123. The number of carbonyl (C=O) groups is 1. The SMILES string of the molecule is CCCCCCCC/C=C\CCCCCCCC(=O)NC(CO)C(O)/C=C/CC/C=C/CCCCCCCCCC. The van der Waals surface area contributed by atoms with Gasteiger partial charge in [-0.25, -0.2) is 0 Å². The maximum absolute atomic E-state index is 12.3. The second-order valence-electron chi connectivity index (χ2n) is 11.9. The van der Waals surface area contributed by atoms with Gasteiger partial charge in [0.15, 0.2) is 0 Å². The molecular weight excluding hydrogens is 506 g/mol. The van der Waals surface area contributed by atoms with Crippen LogP contribution in [0.5, 0.6) is 0 Å². The van der Waals surface area contributed by atoms with E-state index in [2.05, 4.69) is 43.5 Å². The minimum atomic E-state index is -0.862. The van der Waals surface area contributed by atoms with E-state index in [9.17, 15) is 15.0 Å². The number of hydrogen-bond donors (Lipinski definition) is 3. The quantitative estimate of drug-likeness (QED) is 0.0569. The van der Waals surface area contributed by atoms with Gasteiger partial charge in [-0.3, -0.25) is 4.79 Å². The van der Waals surface area contributed by atoms with Crippen LogP contribution in [0.3, 0.4) is 0 Å². The van der Waals surface area contributed by atoms with E-state index in [-0.39, 0.29) is 12.5 Å². The van der Waals surface area contributed by atoms with E-state index in [1.54, 1.807) is 6.08 Å². The van der Waals surface area contributed by atoms with Crippen LogP contribution in [-0.4, -0.2) is 34.9 Å². The van der Waals surface area contributed by atoms with Crippen LogP contribution < -0.4 is 5.32 Å². The molecule has 240 valence electrons. The first kappa shape index (κ1) is 39.6. The second kappa shape index (κ2) is 33.1. The molecule has 0 aliphatic heterocycles. The van der Waals surface area contributed by atoms with Gasteiger partial charge in [-0.05, 0) is 57.8 Å². The summed E-state index contributed by atoms with van der Waals surface area (Å²) in [6, 6.07) is -0.639. The van der Waals surface area contributed by atoms with Crippen molar-refractivity contribution < 1.29 is 15.0 Å². The molecule has 0 aromatic heterocycles. The molecule has 0 saturated carbocycles. The average molecular weight is 576 g/mol. The summed E-state index contributed by atoms with van der Waals surface area (Å²) in [4.78, 5) is 12.3. The van der Waals surface area contributed by atoms with Crippen LogP contribution in [-0.2, 0) is 4.79 Å². The monoisotopic (exact) mass is 576 g/mol. The number of amides is 1. The standard InChI is InChI=1S/C37H69NO3/c1-3-5-7-9-11-13-15-17-19-21-23-25-27-29-31-33-37(41)38-35(34-39)36(40)32-30-28-26-24-22-20-18-16-14-12-10-8-6-4-2/h17,19,22,24,30,32,35-36,39-40H,3-16,18,20-21,23,25-29,31,33-34H2,1-2H3,(H,38,41)/b19-17-,24-22+,32-30+. The average Bonchev–Trinajstić information content (AvgIpc) is 2.97. The van der Waals surface area contributed by atoms with E-state index < -0.39 is 12.1 Å². The van der Waals surface area contributed by atoms with Gasteiger partial charge in [0, 0.05) is 6.42 Å². The van der Waals surface area contributed by atoms with Gasteiger partial charge in [0.1, 0.15) is 0 Å². The Labute approximate surface area is 255 Å². The number of rotatable bonds is 31. The van der Waals surface area contributed by atoms with Crippen LogP contribution in [0.25, 0.3) is 0 Å². The first-order chi connectivity index (χ1) is 20.2. The molecule has 0 aromatic carbocycles. The smallest absolute Gasteiger partial charge is 0.220 e. The van der Waals surface area contributed by atoms with Crippen LogP contribution in [0, 0.1) is 0 Å². The van der Waals surface area contributed by atoms with Crippen molar-refractivity contribution >= 4 is 5.91 Å². The zero-order valence-corrected chi connectivity index (χ0v) is 27.3. The van der Waals surface area contributed by atoms with Gasteiger partial charge in [0.25, 0.3) is 0 Å². The summed E-state index contributed by atoms with van der Waals surface area (Å²) in [7, 11) is 0. The van der Waals surface area contributed by atoms with Gasteiger partial charge in [0.2, 0.25) is 5.91 Å². The summed E-state index contributed by atoms with van der Waals surface area (Å²) in [6.45, 7) is 4.26. The van der Waals surface area contributed by atoms with E-state index in [1.807, 2.05) is 6.08 Å². The van der Waals surface area contributed by atoms with Crippen molar-refractivity contribution in [1.29, 1.82) is 0 Å². The predicted molar refractivity (Wildman–Crippen MR) is 179 cm³/mol. The highest BCUT2D eigenvalue weighted by Crippen LogP contribution is 2.11. The highest BCUT2D eigenvalue weighted by molar-refractivity contribution is 5.76. The molecule has 4 heteroatoms. The molecule has 4 nitrogen and oxygen atoms in total. The Hall–Kier alpha value is -1.39. The van der Waals surface area contributed by atoms with Crippen molar-refractivity contribution in [3.63, 3.8) is 0 Å². The zero-order chi connectivity index (χ0) is 30.1. The van der Waals surface area contributed by atoms with Crippen molar-refractivity contribution in [2.45, 2.75) is 187 Å². The molecule has 0 heterocycles. The van der Waals surface area contributed by atoms with Crippen molar-refractivity contribution in [2.24, 2.45) is 0 Å². The number of aliphatic hydroxyl groups excluding tert-OH is 2. The molecule has 0 aliphatic rings. The maximum atomic E-state index is 12.3. The molecule has 3 N–H and O–H groups in total. The maximum Gasteiger partial charge on any atom is 0.220 e. The predicted octanol–water partition coefficient (Wildman–Crippen LogP) is 10.3. The first-order valence-electron chi connectivity index (χ1n) is 17.7. The summed E-state index contributed by atoms with van der Waals surface area (Å²) in [5.41, 5.74) is 0. The summed E-state index contributed by atoms with van der Waals surface area (Å²) in [5, 5.41) is 22.8. The zero-order valence-electron chi connectivity index (χ0n) is 27.3. The Kier molecular flexibility index (Phi) is 32.0. The van der Waals surface area contributed by atoms with E-state index in [1.165, 1.54) is 109 Å². The Morgan fingerprint density at radius 1 is 0.561 bits per heavy atom. The molecule has 0 radical (unpaired) electrons. The van der Waals surface area contributed by atoms with E-state index in [4.69, 9.17) is 0 Å². The molecule has 0 spiro atoms. The minimum absolute atomic E-state index is 0.0852. The summed E-state index contributed by atoms with van der Waals surface area (Å²) in [5.74, 6) is -0.0852. The fourth-order valence-electron chi connectivity index (χ4n) is 5.07. The molecule has 41 heavy (non-hydrogen) atoms. The van der Waals surface area contributed by atoms with Crippen LogP contribution in [0.2, 0.25) is 0 Å². The molecule has 2 atom stereocenters. The third-order valence-corrected chi connectivity index (χ3v) is 7.85. The summed E-state index contributed by atoms with van der Waals surface area (Å²) >= 11 is 0. The molecule has 0 saturated heterocycles. The first-order valence-corrected chi connectivity index (χ1v) is 17.7. The Bertz CT molecular complexity index is 628. The number of unbranched alkanes of at least 4 members (excludes halogenated alkanes) is 20. The Balaban J connectivity index is 3.71. The van der Waals surface area contributed by atoms with Gasteiger partial charge < -0.3 is 15.5 Å². The Morgan fingerprint density at radius 3 is 1.41 bits per heavy atom. The van der Waals surface area contributed by atoms with Gasteiger partial charge in [-0.2, -0.15) is 0 Å². The lowest BCUT2D eigenvalue weighted by Gasteiger charge is -2.19. The molecule has 0 aromatic rings. The number of carbonyl (C=O) groups excluding carboxylic acids is 1. The highest BCUT2D eigenvalue weighted by atomic mass is 16.3. The number of allylic oxidation sites excluding steroid dienone is 5. The lowest BCUT2D eigenvalue weighted by Crippen LogP contribution is -2.45. The highest BCUT2D eigenvalue weighted by Gasteiger charge is 2.17. The van der Waals surface area contributed by atoms with Gasteiger partial charge >= 0.3 is 0 Å². The van der Waals surface area contributed by atoms with Gasteiger partial charge in [-0.1, -0.05) is 147 Å². The number of hydrogen-bond acceptors (Lipinski definition) is 3. The van der Waals surface area contributed by atoms with Gasteiger partial charge in [0.05, 0.1) is 18.8 Å². The van der Waals surface area contributed by atoms with E-state index in [0.29, 0.717) is 6.42 Å². The molecule has 2 unspecified atom stereocenters. The van der Waals surface area contributed by atoms with Crippen molar-refractivity contribution in [3.8, 4) is 0 Å². The number of nitrogens with one attached hydrogen (secondary N) is 1. The van der Waals surface area contributed by atoms with E-state index >= 15 is 0 Å².